The van der Waals surface area contributed by atoms with Gasteiger partial charge in [-0.15, -0.1) is 0 Å². The normalized spacial score (nSPS) is 25.2. The number of alkyl halides is 3. The fourth-order valence-electron chi connectivity index (χ4n) is 1.76. The van der Waals surface area contributed by atoms with Gasteiger partial charge >= 0.3 is 6.18 Å². The molecule has 17 heavy (non-hydrogen) atoms. The second kappa shape index (κ2) is 4.55. The van der Waals surface area contributed by atoms with Gasteiger partial charge in [0.25, 0.3) is 0 Å². The first-order valence-electron chi connectivity index (χ1n) is 4.90. The van der Waals surface area contributed by atoms with Crippen LogP contribution in [0.5, 0.6) is 0 Å². The Kier molecular flexibility index (Phi) is 3.42. The lowest BCUT2D eigenvalue weighted by molar-refractivity contribution is -0.153. The van der Waals surface area contributed by atoms with Crippen molar-refractivity contribution in [2.24, 2.45) is 0 Å². The summed E-state index contributed by atoms with van der Waals surface area (Å²) in [6, 6.07) is 1.86. The average molecular weight is 313 g/mol. The number of benzene rings is 1. The second-order valence-electron chi connectivity index (χ2n) is 3.84. The summed E-state index contributed by atoms with van der Waals surface area (Å²) in [6.07, 6.45) is -4.40. The molecular formula is C10H9BrF4N2. The molecule has 2 nitrogen and oxygen atoms in total. The Labute approximate surface area is 103 Å². The molecule has 1 aromatic carbocycles. The van der Waals surface area contributed by atoms with Crippen LogP contribution in [0, 0.1) is 5.82 Å². The SMILES string of the molecule is Fc1ccc(C2CC(C(F)(F)F)NN2)c(Br)c1. The van der Waals surface area contributed by atoms with Crippen molar-refractivity contribution >= 4 is 15.9 Å². The second-order valence-corrected chi connectivity index (χ2v) is 4.69. The van der Waals surface area contributed by atoms with Crippen LogP contribution in [0.25, 0.3) is 0 Å². The monoisotopic (exact) mass is 312 g/mol. The quantitative estimate of drug-likeness (QED) is 0.779. The minimum absolute atomic E-state index is 0.117. The van der Waals surface area contributed by atoms with E-state index in [1.165, 1.54) is 18.2 Å². The highest BCUT2D eigenvalue weighted by Crippen LogP contribution is 2.34. The summed E-state index contributed by atoms with van der Waals surface area (Å²) in [4.78, 5) is 0. The summed E-state index contributed by atoms with van der Waals surface area (Å²) in [5.41, 5.74) is 5.37. The van der Waals surface area contributed by atoms with Crippen molar-refractivity contribution in [1.82, 2.24) is 10.9 Å². The lowest BCUT2D eigenvalue weighted by Gasteiger charge is -2.13. The Morgan fingerprint density at radius 3 is 2.47 bits per heavy atom. The molecule has 0 aromatic heterocycles. The molecule has 1 aliphatic heterocycles. The van der Waals surface area contributed by atoms with Crippen molar-refractivity contribution in [3.8, 4) is 0 Å². The largest absolute Gasteiger partial charge is 0.405 e. The highest BCUT2D eigenvalue weighted by Gasteiger charge is 2.44. The smallest absolute Gasteiger partial charge is 0.250 e. The van der Waals surface area contributed by atoms with Gasteiger partial charge in [-0.2, -0.15) is 13.2 Å². The molecule has 2 atom stereocenters. The molecule has 94 valence electrons. The maximum atomic E-state index is 12.9. The van der Waals surface area contributed by atoms with Crippen molar-refractivity contribution < 1.29 is 17.6 Å². The number of nitrogens with one attached hydrogen (secondary N) is 2. The molecule has 1 aliphatic rings. The predicted octanol–water partition coefficient (Wildman–Crippen LogP) is 3.06. The summed E-state index contributed by atoms with van der Waals surface area (Å²) in [6.45, 7) is 0. The van der Waals surface area contributed by atoms with Gasteiger partial charge in [0.15, 0.2) is 0 Å². The summed E-state index contributed by atoms with van der Waals surface area (Å²) < 4.78 is 50.6. The Hall–Kier alpha value is -0.660. The van der Waals surface area contributed by atoms with Gasteiger partial charge in [-0.05, 0) is 24.1 Å². The van der Waals surface area contributed by atoms with Gasteiger partial charge in [-0.3, -0.25) is 0 Å². The molecule has 1 fully saturated rings. The topological polar surface area (TPSA) is 24.1 Å². The molecule has 1 saturated heterocycles. The van der Waals surface area contributed by atoms with Crippen LogP contribution in [0.3, 0.4) is 0 Å². The Balaban J connectivity index is 2.15. The number of hydrogen-bond donors (Lipinski definition) is 2. The Morgan fingerprint density at radius 1 is 1.24 bits per heavy atom. The van der Waals surface area contributed by atoms with Crippen molar-refractivity contribution in [2.45, 2.75) is 24.7 Å². The molecule has 2 N–H and O–H groups in total. The van der Waals surface area contributed by atoms with Gasteiger partial charge in [0, 0.05) is 10.5 Å². The Bertz CT molecular complexity index is 421. The fraction of sp³-hybridized carbons (Fsp3) is 0.400. The molecular weight excluding hydrogens is 304 g/mol. The maximum absolute atomic E-state index is 12.9. The zero-order valence-electron chi connectivity index (χ0n) is 8.48. The van der Waals surface area contributed by atoms with Crippen LogP contribution < -0.4 is 10.9 Å². The van der Waals surface area contributed by atoms with E-state index in [4.69, 9.17) is 0 Å². The highest BCUT2D eigenvalue weighted by atomic mass is 79.9. The molecule has 7 heteroatoms. The van der Waals surface area contributed by atoms with E-state index in [9.17, 15) is 17.6 Å². The third kappa shape index (κ3) is 2.78. The van der Waals surface area contributed by atoms with E-state index >= 15 is 0 Å². The molecule has 1 heterocycles. The highest BCUT2D eigenvalue weighted by molar-refractivity contribution is 9.10. The average Bonchev–Trinajstić information content (AvgIpc) is 2.65. The van der Waals surface area contributed by atoms with Gasteiger partial charge in [-0.25, -0.2) is 15.2 Å². The molecule has 2 unspecified atom stereocenters. The van der Waals surface area contributed by atoms with Gasteiger partial charge < -0.3 is 0 Å². The van der Waals surface area contributed by atoms with Crippen molar-refractivity contribution in [1.29, 1.82) is 0 Å². The molecule has 0 aliphatic carbocycles. The number of hydrogen-bond acceptors (Lipinski definition) is 2. The minimum atomic E-state index is -4.28. The summed E-state index contributed by atoms with van der Waals surface area (Å²) in [5, 5.41) is 0. The fourth-order valence-corrected chi connectivity index (χ4v) is 2.39. The van der Waals surface area contributed by atoms with Crippen molar-refractivity contribution in [3.63, 3.8) is 0 Å². The van der Waals surface area contributed by atoms with Gasteiger partial charge in [0.1, 0.15) is 11.9 Å². The van der Waals surface area contributed by atoms with E-state index in [0.717, 1.165) is 0 Å². The van der Waals surface area contributed by atoms with Gasteiger partial charge in [-0.1, -0.05) is 22.0 Å². The van der Waals surface area contributed by atoms with Crippen molar-refractivity contribution in [2.75, 3.05) is 0 Å². The van der Waals surface area contributed by atoms with E-state index in [-0.39, 0.29) is 6.42 Å². The number of rotatable bonds is 1. The minimum Gasteiger partial charge on any atom is -0.250 e. The molecule has 0 saturated carbocycles. The molecule has 0 bridgehead atoms. The van der Waals surface area contributed by atoms with Crippen LogP contribution >= 0.6 is 15.9 Å². The molecule has 0 spiro atoms. The number of halogens is 5. The lowest BCUT2D eigenvalue weighted by atomic mass is 10.0. The third-order valence-electron chi connectivity index (χ3n) is 2.64. The first kappa shape index (κ1) is 12.8. The molecule has 0 radical (unpaired) electrons. The zero-order chi connectivity index (χ0) is 12.6. The molecule has 1 aromatic rings. The van der Waals surface area contributed by atoms with Crippen LogP contribution in [0.2, 0.25) is 0 Å². The zero-order valence-corrected chi connectivity index (χ0v) is 10.1. The lowest BCUT2D eigenvalue weighted by Crippen LogP contribution is -2.41. The number of hydrazine groups is 1. The van der Waals surface area contributed by atoms with Crippen LogP contribution in [-0.4, -0.2) is 12.2 Å². The molecule has 2 rings (SSSR count). The Morgan fingerprint density at radius 2 is 1.94 bits per heavy atom. The predicted molar refractivity (Wildman–Crippen MR) is 57.6 cm³/mol. The van der Waals surface area contributed by atoms with E-state index in [1.54, 1.807) is 0 Å². The van der Waals surface area contributed by atoms with E-state index in [0.29, 0.717) is 10.0 Å². The van der Waals surface area contributed by atoms with Crippen LogP contribution in [0.4, 0.5) is 17.6 Å². The summed E-state index contributed by atoms with van der Waals surface area (Å²) in [5.74, 6) is -0.432. The van der Waals surface area contributed by atoms with Gasteiger partial charge in [0.2, 0.25) is 0 Å². The summed E-state index contributed by atoms with van der Waals surface area (Å²) in [7, 11) is 0. The van der Waals surface area contributed by atoms with Crippen molar-refractivity contribution in [3.05, 3.63) is 34.1 Å². The first-order valence-corrected chi connectivity index (χ1v) is 5.70. The van der Waals surface area contributed by atoms with E-state index in [2.05, 4.69) is 26.8 Å². The van der Waals surface area contributed by atoms with Gasteiger partial charge in [0.05, 0.1) is 0 Å². The van der Waals surface area contributed by atoms with E-state index in [1.807, 2.05) is 0 Å². The molecule has 0 amide bonds. The first-order chi connectivity index (χ1) is 7.88. The standard InChI is InChI=1S/C10H9BrF4N2/c11-7-3-5(12)1-2-6(7)8-4-9(17-16-8)10(13,14)15/h1-3,8-9,16-17H,4H2. The van der Waals surface area contributed by atoms with Crippen LogP contribution in [0.1, 0.15) is 18.0 Å². The van der Waals surface area contributed by atoms with Crippen LogP contribution in [-0.2, 0) is 0 Å². The van der Waals surface area contributed by atoms with E-state index < -0.39 is 24.1 Å². The summed E-state index contributed by atoms with van der Waals surface area (Å²) >= 11 is 3.14. The van der Waals surface area contributed by atoms with Crippen LogP contribution in [0.15, 0.2) is 22.7 Å². The third-order valence-corrected chi connectivity index (χ3v) is 3.32. The maximum Gasteiger partial charge on any atom is 0.405 e.